The molecule has 0 saturated carbocycles. The van der Waals surface area contributed by atoms with Gasteiger partial charge in [-0.3, -0.25) is 0 Å². The normalized spacial score (nSPS) is 13.8. The average Bonchev–Trinajstić information content (AvgIpc) is 3.53. The van der Waals surface area contributed by atoms with Crippen LogP contribution in [0.2, 0.25) is 0 Å². The highest BCUT2D eigenvalue weighted by atomic mass is 19.4. The maximum atomic E-state index is 13.9. The fourth-order valence-corrected chi connectivity index (χ4v) is 5.14. The van der Waals surface area contributed by atoms with Crippen molar-refractivity contribution in [2.75, 3.05) is 0 Å². The summed E-state index contributed by atoms with van der Waals surface area (Å²) in [7, 11) is 0. The zero-order valence-electron chi connectivity index (χ0n) is 22.3. The Morgan fingerprint density at radius 1 is 0.457 bits per heavy atom. The lowest BCUT2D eigenvalue weighted by Crippen LogP contribution is -2.10. The SMILES string of the molecule is N#CC(C#N)=C1C2=C(C(C#N)=C1c1ccc(C#N)c(C(F)(F)F)c1)C(=C(C#N)C#N)C(c1ccc(C#N)c(C(F)(F)F)c1)=C2C#N. The molecule has 0 bridgehead atoms. The Morgan fingerprint density at radius 3 is 1.02 bits per heavy atom. The minimum absolute atomic E-state index is 0.443. The van der Waals surface area contributed by atoms with E-state index in [1.807, 2.05) is 0 Å². The second-order valence-electron chi connectivity index (χ2n) is 9.16. The Labute approximate surface area is 254 Å². The predicted octanol–water partition coefficient (Wildman–Crippen LogP) is 6.73. The molecule has 2 aliphatic carbocycles. The molecular formula is C32H6F6N8. The summed E-state index contributed by atoms with van der Waals surface area (Å²) in [5.41, 5.74) is -11.3. The Kier molecular flexibility index (Phi) is 7.81. The summed E-state index contributed by atoms with van der Waals surface area (Å²) in [6, 6.07) is 16.8. The molecule has 2 aromatic carbocycles. The Morgan fingerprint density at radius 2 is 0.783 bits per heavy atom. The molecule has 0 heterocycles. The van der Waals surface area contributed by atoms with Gasteiger partial charge in [0.05, 0.1) is 45.5 Å². The van der Waals surface area contributed by atoms with Crippen molar-refractivity contribution in [2.24, 2.45) is 0 Å². The van der Waals surface area contributed by atoms with Crippen molar-refractivity contribution >= 4 is 11.1 Å². The van der Waals surface area contributed by atoms with Crippen LogP contribution in [-0.2, 0) is 12.4 Å². The van der Waals surface area contributed by atoms with E-state index in [0.717, 1.165) is 24.3 Å². The van der Waals surface area contributed by atoms with E-state index in [1.54, 1.807) is 12.1 Å². The highest BCUT2D eigenvalue weighted by Crippen LogP contribution is 2.58. The van der Waals surface area contributed by atoms with E-state index in [-0.39, 0.29) is 0 Å². The Bertz CT molecular complexity index is 2110. The summed E-state index contributed by atoms with van der Waals surface area (Å²) in [6.07, 6.45) is -10.2. The lowest BCUT2D eigenvalue weighted by molar-refractivity contribution is -0.138. The van der Waals surface area contributed by atoms with Crippen LogP contribution >= 0.6 is 0 Å². The zero-order valence-corrected chi connectivity index (χ0v) is 22.3. The molecule has 2 aliphatic rings. The predicted molar refractivity (Wildman–Crippen MR) is 141 cm³/mol. The van der Waals surface area contributed by atoms with Gasteiger partial charge in [-0.15, -0.1) is 0 Å². The van der Waals surface area contributed by atoms with Gasteiger partial charge in [0.1, 0.15) is 47.6 Å². The second kappa shape index (κ2) is 11.4. The molecular weight excluding hydrogens is 610 g/mol. The molecule has 2 aromatic rings. The van der Waals surface area contributed by atoms with Gasteiger partial charge in [-0.2, -0.15) is 68.4 Å². The van der Waals surface area contributed by atoms with Crippen LogP contribution in [0.4, 0.5) is 26.3 Å². The summed E-state index contributed by atoms with van der Waals surface area (Å²) in [5, 5.41) is 78.4. The maximum absolute atomic E-state index is 13.9. The molecule has 0 aromatic heterocycles. The minimum Gasteiger partial charge on any atom is -0.192 e. The molecule has 216 valence electrons. The van der Waals surface area contributed by atoms with Gasteiger partial charge in [-0.1, -0.05) is 12.1 Å². The van der Waals surface area contributed by atoms with Crippen molar-refractivity contribution in [3.63, 3.8) is 0 Å². The average molecular weight is 616 g/mol. The van der Waals surface area contributed by atoms with Crippen molar-refractivity contribution in [2.45, 2.75) is 12.4 Å². The summed E-state index contributed by atoms with van der Waals surface area (Å²) >= 11 is 0. The van der Waals surface area contributed by atoms with Gasteiger partial charge >= 0.3 is 12.4 Å². The summed E-state index contributed by atoms with van der Waals surface area (Å²) in [6.45, 7) is 0. The molecule has 0 radical (unpaired) electrons. The number of allylic oxidation sites excluding steroid dienone is 10. The molecule has 14 heteroatoms. The van der Waals surface area contributed by atoms with Crippen molar-refractivity contribution in [1.29, 1.82) is 42.1 Å². The van der Waals surface area contributed by atoms with Crippen molar-refractivity contribution in [3.8, 4) is 48.6 Å². The summed E-state index contributed by atoms with van der Waals surface area (Å²) in [5.74, 6) is 0. The summed E-state index contributed by atoms with van der Waals surface area (Å²) < 4.78 is 83.4. The lowest BCUT2D eigenvalue weighted by Gasteiger charge is -2.17. The molecule has 0 spiro atoms. The fourth-order valence-electron chi connectivity index (χ4n) is 5.14. The highest BCUT2D eigenvalue weighted by Gasteiger charge is 2.45. The first-order chi connectivity index (χ1) is 21.8. The molecule has 46 heavy (non-hydrogen) atoms. The zero-order chi connectivity index (χ0) is 34.1. The van der Waals surface area contributed by atoms with Gasteiger partial charge < -0.3 is 0 Å². The first kappa shape index (κ1) is 31.6. The maximum Gasteiger partial charge on any atom is 0.417 e. The van der Waals surface area contributed by atoms with Crippen LogP contribution in [0.1, 0.15) is 33.4 Å². The third-order valence-electron chi connectivity index (χ3n) is 6.89. The third-order valence-corrected chi connectivity index (χ3v) is 6.89. The van der Waals surface area contributed by atoms with Crippen molar-refractivity contribution in [1.82, 2.24) is 0 Å². The fraction of sp³-hybridized carbons (Fsp3) is 0.0625. The van der Waals surface area contributed by atoms with Crippen LogP contribution in [-0.4, -0.2) is 0 Å². The van der Waals surface area contributed by atoms with Crippen LogP contribution in [0.25, 0.3) is 11.1 Å². The van der Waals surface area contributed by atoms with Gasteiger partial charge in [0, 0.05) is 33.4 Å². The van der Waals surface area contributed by atoms with Crippen LogP contribution in [0.5, 0.6) is 0 Å². The van der Waals surface area contributed by atoms with E-state index in [2.05, 4.69) is 0 Å². The minimum atomic E-state index is -5.09. The first-order valence-corrected chi connectivity index (χ1v) is 12.1. The van der Waals surface area contributed by atoms with E-state index < -0.39 is 101 Å². The molecule has 0 atom stereocenters. The number of rotatable bonds is 2. The molecule has 4 rings (SSSR count). The van der Waals surface area contributed by atoms with Crippen LogP contribution < -0.4 is 0 Å². The standard InChI is InChI=1S/C32H6F6N8/c33-31(34,35)23-5-15(1-3-17(23)7-39)25-21(13-45)29-28(20(11-43)12-44)26(22(14-46)30(29)27(25)19(9-41)10-42)16-2-4-18(8-40)24(6-16)32(36,37)38/h1-6H. The largest absolute Gasteiger partial charge is 0.417 e. The monoisotopic (exact) mass is 616 g/mol. The van der Waals surface area contributed by atoms with E-state index in [1.165, 1.54) is 36.4 Å². The number of halogens is 6. The van der Waals surface area contributed by atoms with E-state index >= 15 is 0 Å². The number of benzene rings is 2. The van der Waals surface area contributed by atoms with Gasteiger partial charge in [-0.25, -0.2) is 0 Å². The van der Waals surface area contributed by atoms with Crippen molar-refractivity contribution in [3.05, 3.63) is 114 Å². The van der Waals surface area contributed by atoms with Gasteiger partial charge in [-0.05, 0) is 35.4 Å². The molecule has 8 nitrogen and oxygen atoms in total. The van der Waals surface area contributed by atoms with Gasteiger partial charge in [0.2, 0.25) is 0 Å². The number of alkyl halides is 6. The van der Waals surface area contributed by atoms with E-state index in [4.69, 9.17) is 0 Å². The van der Waals surface area contributed by atoms with Crippen LogP contribution in [0, 0.1) is 90.6 Å². The topological polar surface area (TPSA) is 190 Å². The molecule has 0 saturated heterocycles. The summed E-state index contributed by atoms with van der Waals surface area (Å²) in [4.78, 5) is 0. The number of hydrogen-bond donors (Lipinski definition) is 0. The Hall–Kier alpha value is -7.36. The molecule has 0 aliphatic heterocycles. The quantitative estimate of drug-likeness (QED) is 0.262. The van der Waals surface area contributed by atoms with Gasteiger partial charge in [0.15, 0.2) is 0 Å². The second-order valence-corrected chi connectivity index (χ2v) is 9.16. The number of hydrogen-bond acceptors (Lipinski definition) is 8. The molecule has 0 unspecified atom stereocenters. The Balaban J connectivity index is 2.24. The van der Waals surface area contributed by atoms with Crippen LogP contribution in [0.15, 0.2) is 81.0 Å². The van der Waals surface area contributed by atoms with Crippen molar-refractivity contribution < 1.29 is 26.3 Å². The molecule has 0 fully saturated rings. The van der Waals surface area contributed by atoms with E-state index in [9.17, 15) is 68.4 Å². The van der Waals surface area contributed by atoms with E-state index in [0.29, 0.717) is 12.1 Å². The smallest absolute Gasteiger partial charge is 0.192 e. The number of nitrogens with zero attached hydrogens (tertiary/aromatic N) is 8. The lowest BCUT2D eigenvalue weighted by atomic mass is 9.84. The van der Waals surface area contributed by atoms with Gasteiger partial charge in [0.25, 0.3) is 0 Å². The highest BCUT2D eigenvalue weighted by molar-refractivity contribution is 6.11. The molecule has 0 N–H and O–H groups in total. The molecule has 0 amide bonds. The van der Waals surface area contributed by atoms with Crippen LogP contribution in [0.3, 0.4) is 0 Å². The third kappa shape index (κ3) is 4.78. The first-order valence-electron chi connectivity index (χ1n) is 12.1. The number of nitriles is 8.